The summed E-state index contributed by atoms with van der Waals surface area (Å²) in [5, 5.41) is 0. The summed E-state index contributed by atoms with van der Waals surface area (Å²) in [6, 6.07) is 7.43. The van der Waals surface area contributed by atoms with Gasteiger partial charge in [0.25, 0.3) is 5.91 Å². The Labute approximate surface area is 112 Å². The minimum atomic E-state index is 0.107. The molecule has 2 aromatic rings. The zero-order chi connectivity index (χ0) is 13.1. The van der Waals surface area contributed by atoms with Gasteiger partial charge in [0, 0.05) is 42.8 Å². The molecule has 3 heterocycles. The highest BCUT2D eigenvalue weighted by atomic mass is 16.2. The average Bonchev–Trinajstić information content (AvgIpc) is 3.02. The van der Waals surface area contributed by atoms with Gasteiger partial charge in [0.1, 0.15) is 0 Å². The SMILES string of the molecule is O=C(c1ccnc(-c2ccncc2)c1)N1CCCC1. The van der Waals surface area contributed by atoms with E-state index in [1.165, 1.54) is 0 Å². The molecule has 4 heteroatoms. The Balaban J connectivity index is 1.89. The topological polar surface area (TPSA) is 46.1 Å². The van der Waals surface area contributed by atoms with Crippen LogP contribution in [0.1, 0.15) is 23.2 Å². The highest BCUT2D eigenvalue weighted by Crippen LogP contribution is 2.19. The summed E-state index contributed by atoms with van der Waals surface area (Å²) >= 11 is 0. The lowest BCUT2D eigenvalue weighted by Gasteiger charge is -2.15. The van der Waals surface area contributed by atoms with Gasteiger partial charge in [-0.15, -0.1) is 0 Å². The Morgan fingerprint density at radius 2 is 1.79 bits per heavy atom. The third-order valence-corrected chi connectivity index (χ3v) is 3.38. The number of aromatic nitrogens is 2. The maximum absolute atomic E-state index is 12.3. The molecule has 2 aromatic heterocycles. The lowest BCUT2D eigenvalue weighted by Crippen LogP contribution is -2.27. The van der Waals surface area contributed by atoms with Gasteiger partial charge in [-0.1, -0.05) is 0 Å². The number of pyridine rings is 2. The van der Waals surface area contributed by atoms with Crippen LogP contribution in [0.3, 0.4) is 0 Å². The zero-order valence-electron chi connectivity index (χ0n) is 10.6. The van der Waals surface area contributed by atoms with Gasteiger partial charge in [0.2, 0.25) is 0 Å². The van der Waals surface area contributed by atoms with Crippen LogP contribution in [-0.2, 0) is 0 Å². The van der Waals surface area contributed by atoms with E-state index in [9.17, 15) is 4.79 Å². The summed E-state index contributed by atoms with van der Waals surface area (Å²) < 4.78 is 0. The van der Waals surface area contributed by atoms with Gasteiger partial charge in [-0.2, -0.15) is 0 Å². The van der Waals surface area contributed by atoms with Crippen LogP contribution in [0.25, 0.3) is 11.3 Å². The number of nitrogens with zero attached hydrogens (tertiary/aromatic N) is 3. The van der Waals surface area contributed by atoms with Crippen LogP contribution in [0.2, 0.25) is 0 Å². The van der Waals surface area contributed by atoms with Gasteiger partial charge in [0.05, 0.1) is 5.69 Å². The lowest BCUT2D eigenvalue weighted by molar-refractivity contribution is 0.0793. The molecule has 96 valence electrons. The molecule has 0 saturated carbocycles. The van der Waals surface area contributed by atoms with Crippen molar-refractivity contribution in [2.75, 3.05) is 13.1 Å². The highest BCUT2D eigenvalue weighted by Gasteiger charge is 2.19. The molecular weight excluding hydrogens is 238 g/mol. The molecule has 0 atom stereocenters. The van der Waals surface area contributed by atoms with E-state index in [4.69, 9.17) is 0 Å². The first-order valence-corrected chi connectivity index (χ1v) is 6.50. The maximum Gasteiger partial charge on any atom is 0.253 e. The Morgan fingerprint density at radius 1 is 1.05 bits per heavy atom. The molecule has 1 aliphatic rings. The minimum Gasteiger partial charge on any atom is -0.339 e. The number of likely N-dealkylation sites (tertiary alicyclic amines) is 1. The van der Waals surface area contributed by atoms with Gasteiger partial charge in [0.15, 0.2) is 0 Å². The largest absolute Gasteiger partial charge is 0.339 e. The Bertz CT molecular complexity index is 577. The van der Waals surface area contributed by atoms with Crippen LogP contribution in [0.15, 0.2) is 42.9 Å². The van der Waals surface area contributed by atoms with E-state index in [2.05, 4.69) is 9.97 Å². The molecule has 3 rings (SSSR count). The van der Waals surface area contributed by atoms with Crippen molar-refractivity contribution in [3.05, 3.63) is 48.4 Å². The van der Waals surface area contributed by atoms with E-state index in [0.29, 0.717) is 5.56 Å². The lowest BCUT2D eigenvalue weighted by atomic mass is 10.1. The van der Waals surface area contributed by atoms with Gasteiger partial charge in [-0.05, 0) is 37.1 Å². The van der Waals surface area contributed by atoms with Crippen LogP contribution in [-0.4, -0.2) is 33.9 Å². The first-order valence-electron chi connectivity index (χ1n) is 6.50. The molecule has 0 radical (unpaired) electrons. The number of amides is 1. The molecule has 4 nitrogen and oxygen atoms in total. The Kier molecular flexibility index (Phi) is 3.23. The summed E-state index contributed by atoms with van der Waals surface area (Å²) in [6.45, 7) is 1.73. The van der Waals surface area contributed by atoms with E-state index < -0.39 is 0 Å². The van der Waals surface area contributed by atoms with E-state index in [1.807, 2.05) is 23.1 Å². The molecule has 1 saturated heterocycles. The summed E-state index contributed by atoms with van der Waals surface area (Å²) in [5.74, 6) is 0.107. The fraction of sp³-hybridized carbons (Fsp3) is 0.267. The molecular formula is C15H15N3O. The molecule has 1 aliphatic heterocycles. The van der Waals surface area contributed by atoms with Crippen LogP contribution < -0.4 is 0 Å². The first-order chi connectivity index (χ1) is 9.34. The smallest absolute Gasteiger partial charge is 0.253 e. The van der Waals surface area contributed by atoms with Gasteiger partial charge in [-0.25, -0.2) is 0 Å². The van der Waals surface area contributed by atoms with E-state index >= 15 is 0 Å². The van der Waals surface area contributed by atoms with Crippen molar-refractivity contribution in [2.24, 2.45) is 0 Å². The minimum absolute atomic E-state index is 0.107. The van der Waals surface area contributed by atoms with Crippen molar-refractivity contribution in [3.63, 3.8) is 0 Å². The molecule has 19 heavy (non-hydrogen) atoms. The number of carbonyl (C=O) groups is 1. The third kappa shape index (κ3) is 2.47. The van der Waals surface area contributed by atoms with Crippen molar-refractivity contribution in [3.8, 4) is 11.3 Å². The van der Waals surface area contributed by atoms with Crippen LogP contribution >= 0.6 is 0 Å². The van der Waals surface area contributed by atoms with E-state index in [-0.39, 0.29) is 5.91 Å². The fourth-order valence-corrected chi connectivity index (χ4v) is 2.35. The molecule has 0 aromatic carbocycles. The Hall–Kier alpha value is -2.23. The van der Waals surface area contributed by atoms with Crippen molar-refractivity contribution in [1.29, 1.82) is 0 Å². The second-order valence-electron chi connectivity index (χ2n) is 4.66. The van der Waals surface area contributed by atoms with E-state index in [0.717, 1.165) is 37.2 Å². The van der Waals surface area contributed by atoms with Gasteiger partial charge in [-0.3, -0.25) is 14.8 Å². The molecule has 0 aliphatic carbocycles. The predicted octanol–water partition coefficient (Wildman–Crippen LogP) is 2.38. The van der Waals surface area contributed by atoms with Crippen LogP contribution in [0.5, 0.6) is 0 Å². The molecule has 1 fully saturated rings. The second-order valence-corrected chi connectivity index (χ2v) is 4.66. The zero-order valence-corrected chi connectivity index (χ0v) is 10.6. The van der Waals surface area contributed by atoms with Crippen LogP contribution in [0.4, 0.5) is 0 Å². The highest BCUT2D eigenvalue weighted by molar-refractivity contribution is 5.95. The maximum atomic E-state index is 12.3. The van der Waals surface area contributed by atoms with Crippen molar-refractivity contribution in [2.45, 2.75) is 12.8 Å². The van der Waals surface area contributed by atoms with E-state index in [1.54, 1.807) is 24.7 Å². The number of rotatable bonds is 2. The standard InChI is InChI=1S/C15H15N3O/c19-15(18-9-1-2-10-18)13-5-8-17-14(11-13)12-3-6-16-7-4-12/h3-8,11H,1-2,9-10H2. The second kappa shape index (κ2) is 5.18. The summed E-state index contributed by atoms with van der Waals surface area (Å²) in [7, 11) is 0. The van der Waals surface area contributed by atoms with Crippen molar-refractivity contribution < 1.29 is 4.79 Å². The first kappa shape index (κ1) is 11.8. The van der Waals surface area contributed by atoms with Crippen molar-refractivity contribution >= 4 is 5.91 Å². The molecule has 0 bridgehead atoms. The number of hydrogen-bond donors (Lipinski definition) is 0. The number of hydrogen-bond acceptors (Lipinski definition) is 3. The van der Waals surface area contributed by atoms with Crippen molar-refractivity contribution in [1.82, 2.24) is 14.9 Å². The molecule has 0 N–H and O–H groups in total. The van der Waals surface area contributed by atoms with Crippen LogP contribution in [0, 0.1) is 0 Å². The fourth-order valence-electron chi connectivity index (χ4n) is 2.35. The Morgan fingerprint density at radius 3 is 2.53 bits per heavy atom. The summed E-state index contributed by atoms with van der Waals surface area (Å²) in [4.78, 5) is 22.5. The quantitative estimate of drug-likeness (QED) is 0.825. The molecule has 0 unspecified atom stereocenters. The number of carbonyl (C=O) groups excluding carboxylic acids is 1. The summed E-state index contributed by atoms with van der Waals surface area (Å²) in [6.07, 6.45) is 7.36. The monoisotopic (exact) mass is 253 g/mol. The predicted molar refractivity (Wildman–Crippen MR) is 72.6 cm³/mol. The van der Waals surface area contributed by atoms with Gasteiger partial charge >= 0.3 is 0 Å². The average molecular weight is 253 g/mol. The normalized spacial score (nSPS) is 14.6. The third-order valence-electron chi connectivity index (χ3n) is 3.38. The van der Waals surface area contributed by atoms with Gasteiger partial charge < -0.3 is 4.90 Å². The molecule has 0 spiro atoms. The molecule has 1 amide bonds. The summed E-state index contributed by atoms with van der Waals surface area (Å²) in [5.41, 5.74) is 2.50.